The number of hydrogen-bond acceptors (Lipinski definition) is 5. The van der Waals surface area contributed by atoms with Gasteiger partial charge in [-0.05, 0) is 74.9 Å². The highest BCUT2D eigenvalue weighted by atomic mass is 35.5. The first-order valence-electron chi connectivity index (χ1n) is 12.8. The molecule has 2 aromatic rings. The first kappa shape index (κ1) is 25.5. The summed E-state index contributed by atoms with van der Waals surface area (Å²) in [6.45, 7) is 2.30. The molecule has 2 fully saturated rings. The maximum atomic E-state index is 13.3. The van der Waals surface area contributed by atoms with Gasteiger partial charge in [0, 0.05) is 30.7 Å². The van der Waals surface area contributed by atoms with E-state index in [1.54, 1.807) is 27.4 Å². The van der Waals surface area contributed by atoms with Gasteiger partial charge in [-0.2, -0.15) is 4.31 Å². The molecule has 1 amide bonds. The first-order chi connectivity index (χ1) is 17.3. The van der Waals surface area contributed by atoms with Crippen LogP contribution in [0.5, 0.6) is 0 Å². The third kappa shape index (κ3) is 5.14. The molecule has 0 aliphatic carbocycles. The van der Waals surface area contributed by atoms with Crippen molar-refractivity contribution in [2.45, 2.75) is 61.5 Å². The average Bonchev–Trinajstić information content (AvgIpc) is 3.13. The third-order valence-electron chi connectivity index (χ3n) is 7.84. The molecule has 3 atom stereocenters. The molecule has 0 saturated carbocycles. The topological polar surface area (TPSA) is 70.2 Å². The molecule has 5 rings (SSSR count). The molecule has 2 aromatic carbocycles. The van der Waals surface area contributed by atoms with Gasteiger partial charge in [0.05, 0.1) is 17.0 Å². The van der Waals surface area contributed by atoms with Crippen molar-refractivity contribution in [2.75, 3.05) is 33.3 Å². The summed E-state index contributed by atoms with van der Waals surface area (Å²) >= 11 is 6.17. The summed E-state index contributed by atoms with van der Waals surface area (Å²) < 4.78 is 33.9. The first-order valence-corrected chi connectivity index (χ1v) is 14.7. The van der Waals surface area contributed by atoms with Crippen LogP contribution in [0, 0.1) is 0 Å². The highest BCUT2D eigenvalue weighted by Crippen LogP contribution is 2.47. The highest BCUT2D eigenvalue weighted by Gasteiger charge is 2.48. The molecule has 2 saturated heterocycles. The van der Waals surface area contributed by atoms with Crippen molar-refractivity contribution >= 4 is 27.7 Å². The van der Waals surface area contributed by atoms with Crippen LogP contribution in [0.3, 0.4) is 0 Å². The Morgan fingerprint density at radius 3 is 2.72 bits per heavy atom. The van der Waals surface area contributed by atoms with Crippen LogP contribution >= 0.6 is 11.6 Å². The van der Waals surface area contributed by atoms with Gasteiger partial charge in [0.15, 0.2) is 0 Å². The fourth-order valence-corrected chi connectivity index (χ4v) is 8.12. The fourth-order valence-electron chi connectivity index (χ4n) is 5.87. The Bertz CT molecular complexity index is 1190. The van der Waals surface area contributed by atoms with E-state index >= 15 is 0 Å². The zero-order valence-corrected chi connectivity index (χ0v) is 22.3. The average molecular weight is 532 g/mol. The van der Waals surface area contributed by atoms with E-state index < -0.39 is 10.0 Å². The summed E-state index contributed by atoms with van der Waals surface area (Å²) in [5.41, 5.74) is 2.07. The number of ether oxygens (including phenoxy) is 1. The van der Waals surface area contributed by atoms with Crippen molar-refractivity contribution in [2.24, 2.45) is 0 Å². The number of carbonyl (C=O) groups excluding carboxylic acids is 1. The number of hydrogen-bond donors (Lipinski definition) is 0. The summed E-state index contributed by atoms with van der Waals surface area (Å²) in [4.78, 5) is 17.4. The van der Waals surface area contributed by atoms with Crippen molar-refractivity contribution < 1.29 is 17.9 Å². The predicted octanol–water partition coefficient (Wildman–Crippen LogP) is 4.71. The summed E-state index contributed by atoms with van der Waals surface area (Å²) in [6, 6.07) is 15.1. The SMILES string of the molecule is CN(CCc1ccccc1)C1CCCN(C(=O)OC[C@H]2CCC[C@H]3c4cc(Cl)ccc4S(=O)(=O)N23)C1. The molecular weight excluding hydrogens is 498 g/mol. The lowest BCUT2D eigenvalue weighted by Gasteiger charge is -2.38. The standard InChI is InChI=1S/C27H34ClN3O4S/c1-29(16-14-20-7-3-2-4-8-20)22-10-6-15-30(18-22)27(32)35-19-23-9-5-11-25-24-17-21(28)12-13-26(24)36(33,34)31(23)25/h2-4,7-8,12-13,17,22-23,25H,5-6,9-11,14-16,18-19H2,1H3/t22?,23-,25+/m1/s1. The molecule has 7 nitrogen and oxygen atoms in total. The molecule has 0 spiro atoms. The van der Waals surface area contributed by atoms with E-state index in [9.17, 15) is 13.2 Å². The van der Waals surface area contributed by atoms with Crippen LogP contribution < -0.4 is 0 Å². The number of nitrogens with zero attached hydrogens (tertiary/aromatic N) is 3. The molecule has 3 aliphatic heterocycles. The van der Waals surface area contributed by atoms with E-state index in [0.717, 1.165) is 44.2 Å². The van der Waals surface area contributed by atoms with Gasteiger partial charge in [0.2, 0.25) is 10.0 Å². The second-order valence-electron chi connectivity index (χ2n) is 10.2. The minimum Gasteiger partial charge on any atom is -0.448 e. The minimum atomic E-state index is -3.63. The van der Waals surface area contributed by atoms with Crippen LogP contribution in [0.1, 0.15) is 49.3 Å². The van der Waals surface area contributed by atoms with E-state index in [1.165, 1.54) is 5.56 Å². The normalized spacial score (nSPS) is 25.4. The summed E-state index contributed by atoms with van der Waals surface area (Å²) in [5, 5.41) is 0.535. The molecule has 1 unspecified atom stereocenters. The highest BCUT2D eigenvalue weighted by molar-refractivity contribution is 7.89. The third-order valence-corrected chi connectivity index (χ3v) is 10.1. The Balaban J connectivity index is 1.18. The minimum absolute atomic E-state index is 0.0707. The van der Waals surface area contributed by atoms with Crippen molar-refractivity contribution in [3.63, 3.8) is 0 Å². The molecule has 194 valence electrons. The fraction of sp³-hybridized carbons (Fsp3) is 0.519. The smallest absolute Gasteiger partial charge is 0.409 e. The number of amides is 1. The van der Waals surface area contributed by atoms with Gasteiger partial charge in [0.25, 0.3) is 0 Å². The molecule has 0 N–H and O–H groups in total. The van der Waals surface area contributed by atoms with Crippen LogP contribution in [0.2, 0.25) is 5.02 Å². The monoisotopic (exact) mass is 531 g/mol. The molecular formula is C27H34ClN3O4S. The van der Waals surface area contributed by atoms with Gasteiger partial charge in [0.1, 0.15) is 6.61 Å². The van der Waals surface area contributed by atoms with Crippen molar-refractivity contribution in [3.05, 3.63) is 64.7 Å². The Labute approximate surface area is 219 Å². The Kier molecular flexibility index (Phi) is 7.58. The van der Waals surface area contributed by atoms with Gasteiger partial charge in [-0.25, -0.2) is 13.2 Å². The molecule has 36 heavy (non-hydrogen) atoms. The number of carbonyl (C=O) groups is 1. The summed E-state index contributed by atoms with van der Waals surface area (Å²) in [7, 11) is -1.51. The van der Waals surface area contributed by atoms with Crippen LogP contribution in [0.25, 0.3) is 0 Å². The number of sulfonamides is 1. The number of fused-ring (bicyclic) bond motifs is 3. The van der Waals surface area contributed by atoms with Crippen LogP contribution in [-0.4, -0.2) is 74.0 Å². The second kappa shape index (κ2) is 10.7. The number of halogens is 1. The molecule has 0 radical (unpaired) electrons. The number of benzene rings is 2. The molecule has 9 heteroatoms. The Hall–Kier alpha value is -2.13. The second-order valence-corrected chi connectivity index (χ2v) is 12.4. The number of piperidine rings is 2. The number of likely N-dealkylation sites (N-methyl/N-ethyl adjacent to an activating group) is 1. The van der Waals surface area contributed by atoms with Crippen molar-refractivity contribution in [3.8, 4) is 0 Å². The Morgan fingerprint density at radius 2 is 1.92 bits per heavy atom. The van der Waals surface area contributed by atoms with Gasteiger partial charge >= 0.3 is 6.09 Å². The molecule has 3 heterocycles. The summed E-state index contributed by atoms with van der Waals surface area (Å²) in [5.74, 6) is 0. The van der Waals surface area contributed by atoms with E-state index in [0.29, 0.717) is 29.4 Å². The van der Waals surface area contributed by atoms with Crippen molar-refractivity contribution in [1.29, 1.82) is 0 Å². The quantitative estimate of drug-likeness (QED) is 0.540. The largest absolute Gasteiger partial charge is 0.448 e. The zero-order valence-electron chi connectivity index (χ0n) is 20.7. The molecule has 0 aromatic heterocycles. The molecule has 3 aliphatic rings. The van der Waals surface area contributed by atoms with Gasteiger partial charge in [-0.3, -0.25) is 0 Å². The van der Waals surface area contributed by atoms with E-state index in [1.807, 2.05) is 6.07 Å². The van der Waals surface area contributed by atoms with Gasteiger partial charge < -0.3 is 14.5 Å². The Morgan fingerprint density at radius 1 is 1.11 bits per heavy atom. The lowest BCUT2D eigenvalue weighted by atomic mass is 9.94. The van der Waals surface area contributed by atoms with Crippen LogP contribution in [0.4, 0.5) is 4.79 Å². The maximum absolute atomic E-state index is 13.3. The van der Waals surface area contributed by atoms with E-state index in [4.69, 9.17) is 16.3 Å². The predicted molar refractivity (Wildman–Crippen MR) is 140 cm³/mol. The lowest BCUT2D eigenvalue weighted by Crippen LogP contribution is -2.50. The number of rotatable bonds is 6. The van der Waals surface area contributed by atoms with Crippen LogP contribution in [0.15, 0.2) is 53.4 Å². The number of likely N-dealkylation sites (tertiary alicyclic amines) is 1. The van der Waals surface area contributed by atoms with Crippen LogP contribution in [-0.2, 0) is 21.2 Å². The maximum Gasteiger partial charge on any atom is 0.409 e. The van der Waals surface area contributed by atoms with Gasteiger partial charge in [-0.15, -0.1) is 0 Å². The lowest BCUT2D eigenvalue weighted by molar-refractivity contribution is 0.0476. The van der Waals surface area contributed by atoms with Crippen molar-refractivity contribution in [1.82, 2.24) is 14.1 Å². The zero-order chi connectivity index (χ0) is 25.3. The molecule has 0 bridgehead atoms. The van der Waals surface area contributed by atoms with E-state index in [2.05, 4.69) is 36.2 Å². The van der Waals surface area contributed by atoms with E-state index in [-0.39, 0.29) is 30.8 Å². The summed E-state index contributed by atoms with van der Waals surface area (Å²) in [6.07, 6.45) is 4.90. The van der Waals surface area contributed by atoms with Gasteiger partial charge in [-0.1, -0.05) is 41.9 Å².